The zero-order valence-corrected chi connectivity index (χ0v) is 16.1. The van der Waals surface area contributed by atoms with Gasteiger partial charge in [-0.3, -0.25) is 4.68 Å². The summed E-state index contributed by atoms with van der Waals surface area (Å²) in [5.74, 6) is 0. The van der Waals surface area contributed by atoms with Gasteiger partial charge < -0.3 is 0 Å². The van der Waals surface area contributed by atoms with E-state index in [2.05, 4.69) is 26.0 Å². The Labute approximate surface area is 162 Å². The highest BCUT2D eigenvalue weighted by Crippen LogP contribution is 2.36. The highest BCUT2D eigenvalue weighted by molar-refractivity contribution is 9.10. The van der Waals surface area contributed by atoms with Gasteiger partial charge in [0.2, 0.25) is 0 Å². The van der Waals surface area contributed by atoms with Gasteiger partial charge in [0, 0.05) is 17.5 Å². The smallest absolute Gasteiger partial charge is 0.264 e. The molecule has 0 bridgehead atoms. The zero-order chi connectivity index (χ0) is 19.8. The van der Waals surface area contributed by atoms with Gasteiger partial charge in [-0.15, -0.1) is 0 Å². The van der Waals surface area contributed by atoms with E-state index in [9.17, 15) is 13.2 Å². The Morgan fingerprint density at radius 2 is 1.93 bits per heavy atom. The van der Waals surface area contributed by atoms with Crippen LogP contribution in [-0.4, -0.2) is 14.8 Å². The van der Waals surface area contributed by atoms with Crippen LogP contribution in [0.3, 0.4) is 0 Å². The molecule has 3 aromatic rings. The number of aryl methyl sites for hydroxylation is 1. The third-order valence-corrected chi connectivity index (χ3v) is 4.71. The summed E-state index contributed by atoms with van der Waals surface area (Å²) in [7, 11) is 0. The second kappa shape index (κ2) is 7.16. The van der Waals surface area contributed by atoms with Crippen molar-refractivity contribution < 1.29 is 13.2 Å². The molecule has 0 fully saturated rings. The lowest BCUT2D eigenvalue weighted by Crippen LogP contribution is -2.08. The van der Waals surface area contributed by atoms with Crippen molar-refractivity contribution >= 4 is 15.9 Å². The number of pyridine rings is 1. The van der Waals surface area contributed by atoms with E-state index in [1.807, 2.05) is 19.1 Å². The Balaban J connectivity index is 2.05. The van der Waals surface area contributed by atoms with Crippen LogP contribution in [0.1, 0.15) is 28.1 Å². The topological polar surface area (TPSA) is 54.5 Å². The van der Waals surface area contributed by atoms with Crippen molar-refractivity contribution in [1.29, 1.82) is 5.26 Å². The standard InChI is InChI=1S/C19H14BrF3N4/c1-11-18(14-4-5-15(8-24)16(7-14)19(21,22)23)12(2)27(26-11)10-13-3-6-17(20)25-9-13/h3-7,9H,10H2,1-2H3. The number of nitrogens with zero attached hydrogens (tertiary/aromatic N) is 4. The molecule has 138 valence electrons. The van der Waals surface area contributed by atoms with Gasteiger partial charge in [0.15, 0.2) is 0 Å². The maximum atomic E-state index is 13.3. The van der Waals surface area contributed by atoms with Crippen molar-refractivity contribution in [2.45, 2.75) is 26.6 Å². The lowest BCUT2D eigenvalue weighted by molar-refractivity contribution is -0.137. The third-order valence-electron chi connectivity index (χ3n) is 4.24. The predicted octanol–water partition coefficient (Wildman–Crippen LogP) is 5.26. The Hall–Kier alpha value is -2.66. The van der Waals surface area contributed by atoms with E-state index in [0.29, 0.717) is 23.4 Å². The second-order valence-electron chi connectivity index (χ2n) is 6.06. The molecule has 8 heteroatoms. The Morgan fingerprint density at radius 3 is 2.52 bits per heavy atom. The minimum Gasteiger partial charge on any atom is -0.264 e. The van der Waals surface area contributed by atoms with Gasteiger partial charge in [0.05, 0.1) is 29.4 Å². The van der Waals surface area contributed by atoms with Crippen LogP contribution in [0, 0.1) is 25.2 Å². The summed E-state index contributed by atoms with van der Waals surface area (Å²) in [6, 6.07) is 9.06. The van der Waals surface area contributed by atoms with Crippen LogP contribution in [-0.2, 0) is 12.7 Å². The number of alkyl halides is 3. The van der Waals surface area contributed by atoms with Crippen molar-refractivity contribution in [2.24, 2.45) is 0 Å². The molecular formula is C19H14BrF3N4. The van der Waals surface area contributed by atoms with Crippen LogP contribution < -0.4 is 0 Å². The number of aromatic nitrogens is 3. The van der Waals surface area contributed by atoms with Crippen LogP contribution in [0.4, 0.5) is 13.2 Å². The minimum atomic E-state index is -4.60. The van der Waals surface area contributed by atoms with Crippen molar-refractivity contribution in [2.75, 3.05) is 0 Å². The number of nitriles is 1. The molecular weight excluding hydrogens is 421 g/mol. The first-order chi connectivity index (χ1) is 12.7. The molecule has 0 aliphatic heterocycles. The molecule has 2 aromatic heterocycles. The van der Waals surface area contributed by atoms with Gasteiger partial charge in [0.1, 0.15) is 4.60 Å². The van der Waals surface area contributed by atoms with Crippen molar-refractivity contribution in [3.8, 4) is 17.2 Å². The molecule has 0 aliphatic carbocycles. The maximum Gasteiger partial charge on any atom is 0.417 e. The molecule has 27 heavy (non-hydrogen) atoms. The van der Waals surface area contributed by atoms with Crippen LogP contribution >= 0.6 is 15.9 Å². The first-order valence-electron chi connectivity index (χ1n) is 7.97. The van der Waals surface area contributed by atoms with Gasteiger partial charge in [-0.2, -0.15) is 23.5 Å². The fourth-order valence-electron chi connectivity index (χ4n) is 2.97. The average Bonchev–Trinajstić information content (AvgIpc) is 2.89. The lowest BCUT2D eigenvalue weighted by Gasteiger charge is -2.11. The van der Waals surface area contributed by atoms with E-state index < -0.39 is 17.3 Å². The molecule has 0 amide bonds. The van der Waals surface area contributed by atoms with Crippen LogP contribution in [0.15, 0.2) is 41.1 Å². The van der Waals surface area contributed by atoms with E-state index in [4.69, 9.17) is 5.26 Å². The number of halogens is 4. The largest absolute Gasteiger partial charge is 0.417 e. The van der Waals surface area contributed by atoms with Gasteiger partial charge in [-0.25, -0.2) is 4.98 Å². The normalized spacial score (nSPS) is 11.4. The number of hydrogen-bond donors (Lipinski definition) is 0. The molecule has 0 spiro atoms. The summed E-state index contributed by atoms with van der Waals surface area (Å²) in [4.78, 5) is 4.17. The Kier molecular flexibility index (Phi) is 5.07. The summed E-state index contributed by atoms with van der Waals surface area (Å²) >= 11 is 3.28. The van der Waals surface area contributed by atoms with E-state index >= 15 is 0 Å². The Morgan fingerprint density at radius 1 is 1.19 bits per heavy atom. The summed E-state index contributed by atoms with van der Waals surface area (Å²) in [5, 5.41) is 13.4. The summed E-state index contributed by atoms with van der Waals surface area (Å²) < 4.78 is 42.3. The zero-order valence-electron chi connectivity index (χ0n) is 14.5. The molecule has 1 aromatic carbocycles. The first-order valence-corrected chi connectivity index (χ1v) is 8.76. The van der Waals surface area contributed by atoms with Crippen molar-refractivity contribution in [3.05, 3.63) is 69.2 Å². The summed E-state index contributed by atoms with van der Waals surface area (Å²) in [5.41, 5.74) is 1.97. The molecule has 0 aliphatic rings. The fourth-order valence-corrected chi connectivity index (χ4v) is 3.21. The van der Waals surface area contributed by atoms with Gasteiger partial charge in [-0.1, -0.05) is 12.1 Å². The van der Waals surface area contributed by atoms with Gasteiger partial charge >= 0.3 is 6.18 Å². The van der Waals surface area contributed by atoms with E-state index in [0.717, 1.165) is 21.9 Å². The van der Waals surface area contributed by atoms with Gasteiger partial charge in [0.25, 0.3) is 0 Å². The molecule has 0 radical (unpaired) electrons. The number of rotatable bonds is 3. The molecule has 2 heterocycles. The fraction of sp³-hybridized carbons (Fsp3) is 0.211. The molecule has 0 unspecified atom stereocenters. The molecule has 0 saturated carbocycles. The highest BCUT2D eigenvalue weighted by atomic mass is 79.9. The third kappa shape index (κ3) is 3.88. The summed E-state index contributed by atoms with van der Waals surface area (Å²) in [6.45, 7) is 4.02. The average molecular weight is 435 g/mol. The molecule has 4 nitrogen and oxygen atoms in total. The molecule has 3 rings (SSSR count). The molecule has 0 atom stereocenters. The number of benzene rings is 1. The van der Waals surface area contributed by atoms with Crippen LogP contribution in [0.5, 0.6) is 0 Å². The van der Waals surface area contributed by atoms with E-state index in [1.54, 1.807) is 23.9 Å². The van der Waals surface area contributed by atoms with Crippen molar-refractivity contribution in [1.82, 2.24) is 14.8 Å². The molecule has 0 N–H and O–H groups in total. The SMILES string of the molecule is Cc1nn(Cc2ccc(Br)nc2)c(C)c1-c1ccc(C#N)c(C(F)(F)F)c1. The van der Waals surface area contributed by atoms with E-state index in [1.165, 1.54) is 12.1 Å². The van der Waals surface area contributed by atoms with E-state index in [-0.39, 0.29) is 0 Å². The van der Waals surface area contributed by atoms with Crippen LogP contribution in [0.25, 0.3) is 11.1 Å². The first kappa shape index (κ1) is 19.1. The quantitative estimate of drug-likeness (QED) is 0.528. The van der Waals surface area contributed by atoms with Crippen molar-refractivity contribution in [3.63, 3.8) is 0 Å². The highest BCUT2D eigenvalue weighted by Gasteiger charge is 2.34. The summed E-state index contributed by atoms with van der Waals surface area (Å²) in [6.07, 6.45) is -2.88. The van der Waals surface area contributed by atoms with Gasteiger partial charge in [-0.05, 0) is 59.1 Å². The maximum absolute atomic E-state index is 13.3. The second-order valence-corrected chi connectivity index (χ2v) is 6.88. The molecule has 0 saturated heterocycles. The van der Waals surface area contributed by atoms with Crippen LogP contribution in [0.2, 0.25) is 0 Å². The Bertz CT molecular complexity index is 1030. The predicted molar refractivity (Wildman–Crippen MR) is 97.9 cm³/mol. The lowest BCUT2D eigenvalue weighted by atomic mass is 9.98. The monoisotopic (exact) mass is 434 g/mol. The number of hydrogen-bond acceptors (Lipinski definition) is 3. The minimum absolute atomic E-state index is 0.386.